The Morgan fingerprint density at radius 3 is 1.60 bits per heavy atom. The van der Waals surface area contributed by atoms with Crippen molar-refractivity contribution in [1.82, 2.24) is 0 Å². The zero-order chi connectivity index (χ0) is 25.1. The fraction of sp³-hybridized carbons (Fsp3) is 0.172. The van der Waals surface area contributed by atoms with Crippen LogP contribution in [-0.4, -0.2) is 0 Å². The van der Waals surface area contributed by atoms with Gasteiger partial charge in [0, 0.05) is 16.7 Å². The maximum atomic E-state index is 14.9. The van der Waals surface area contributed by atoms with E-state index in [2.05, 4.69) is 0 Å². The van der Waals surface area contributed by atoms with Gasteiger partial charge in [0.2, 0.25) is 0 Å². The highest BCUT2D eigenvalue weighted by Gasteiger charge is 2.18. The molecule has 4 rings (SSSR count). The second-order valence-corrected chi connectivity index (χ2v) is 8.42. The molecule has 0 radical (unpaired) electrons. The Labute approximate surface area is 199 Å². The van der Waals surface area contributed by atoms with E-state index in [0.717, 1.165) is 29.7 Å². The predicted molar refractivity (Wildman–Crippen MR) is 125 cm³/mol. The summed E-state index contributed by atoms with van der Waals surface area (Å²) in [4.78, 5) is 0. The summed E-state index contributed by atoms with van der Waals surface area (Å²) in [5.41, 5.74) is 2.20. The molecule has 0 unspecified atom stereocenters. The van der Waals surface area contributed by atoms with Crippen molar-refractivity contribution in [2.24, 2.45) is 0 Å². The quantitative estimate of drug-likeness (QED) is 0.182. The molecule has 0 saturated carbocycles. The highest BCUT2D eigenvalue weighted by atomic mass is 19.2. The molecule has 180 valence electrons. The Hall–Kier alpha value is -3.54. The van der Waals surface area contributed by atoms with E-state index in [1.807, 2.05) is 6.92 Å². The minimum atomic E-state index is -1.50. The summed E-state index contributed by atoms with van der Waals surface area (Å²) in [6.45, 7) is 1.97. The van der Waals surface area contributed by atoms with Crippen LogP contribution in [0.2, 0.25) is 0 Å². The predicted octanol–water partition coefficient (Wildman–Crippen LogP) is 8.59. The molecule has 0 aromatic heterocycles. The van der Waals surface area contributed by atoms with Gasteiger partial charge in [-0.2, -0.15) is 0 Å². The summed E-state index contributed by atoms with van der Waals surface area (Å²) in [7, 11) is 0. The molecule has 4 aromatic carbocycles. The number of hydrogen-bond donors (Lipinski definition) is 0. The van der Waals surface area contributed by atoms with E-state index in [1.54, 1.807) is 30.3 Å². The summed E-state index contributed by atoms with van der Waals surface area (Å²) < 4.78 is 84.3. The van der Waals surface area contributed by atoms with Crippen molar-refractivity contribution in [1.29, 1.82) is 0 Å². The number of halogens is 6. The first kappa shape index (κ1) is 24.6. The molecule has 0 saturated heterocycles. The van der Waals surface area contributed by atoms with Crippen LogP contribution in [0.3, 0.4) is 0 Å². The van der Waals surface area contributed by atoms with Crippen molar-refractivity contribution in [3.05, 3.63) is 118 Å². The van der Waals surface area contributed by atoms with E-state index in [-0.39, 0.29) is 23.1 Å². The monoisotopic (exact) mass is 484 g/mol. The molecule has 0 N–H and O–H groups in total. The van der Waals surface area contributed by atoms with Gasteiger partial charge in [-0.3, -0.25) is 0 Å². The average Bonchev–Trinajstić information content (AvgIpc) is 2.84. The highest BCUT2D eigenvalue weighted by molar-refractivity contribution is 5.72. The van der Waals surface area contributed by atoms with Crippen LogP contribution >= 0.6 is 0 Å². The molecule has 0 aliphatic heterocycles. The van der Waals surface area contributed by atoms with Gasteiger partial charge in [-0.1, -0.05) is 61.9 Å². The Morgan fingerprint density at radius 2 is 0.971 bits per heavy atom. The minimum Gasteiger partial charge on any atom is -0.206 e. The van der Waals surface area contributed by atoms with Crippen LogP contribution in [-0.2, 0) is 19.3 Å². The van der Waals surface area contributed by atoms with E-state index in [0.29, 0.717) is 24.0 Å². The van der Waals surface area contributed by atoms with Gasteiger partial charge in [-0.25, -0.2) is 26.3 Å². The van der Waals surface area contributed by atoms with E-state index < -0.39 is 34.9 Å². The van der Waals surface area contributed by atoms with E-state index in [9.17, 15) is 26.3 Å². The van der Waals surface area contributed by atoms with Gasteiger partial charge in [-0.05, 0) is 59.7 Å². The van der Waals surface area contributed by atoms with E-state index in [4.69, 9.17) is 0 Å². The van der Waals surface area contributed by atoms with Crippen molar-refractivity contribution in [2.75, 3.05) is 0 Å². The Kier molecular flexibility index (Phi) is 7.29. The van der Waals surface area contributed by atoms with Crippen LogP contribution in [0.25, 0.3) is 22.3 Å². The van der Waals surface area contributed by atoms with Gasteiger partial charge in [0.25, 0.3) is 0 Å². The van der Waals surface area contributed by atoms with Crippen LogP contribution in [0, 0.1) is 34.9 Å². The van der Waals surface area contributed by atoms with Gasteiger partial charge in [0.1, 0.15) is 5.82 Å². The zero-order valence-electron chi connectivity index (χ0n) is 18.9. The Morgan fingerprint density at radius 1 is 0.457 bits per heavy atom. The lowest BCUT2D eigenvalue weighted by molar-refractivity contribution is 0.445. The Bertz CT molecular complexity index is 1340. The second kappa shape index (κ2) is 10.4. The molecule has 0 fully saturated rings. The van der Waals surface area contributed by atoms with Crippen LogP contribution in [0.4, 0.5) is 26.3 Å². The molecule has 0 nitrogen and oxygen atoms in total. The van der Waals surface area contributed by atoms with Crippen molar-refractivity contribution in [3.8, 4) is 22.3 Å². The van der Waals surface area contributed by atoms with Gasteiger partial charge < -0.3 is 0 Å². The number of aryl methyl sites for hydroxylation is 3. The van der Waals surface area contributed by atoms with Gasteiger partial charge >= 0.3 is 0 Å². The lowest BCUT2D eigenvalue weighted by atomic mass is 9.96. The highest BCUT2D eigenvalue weighted by Crippen LogP contribution is 2.33. The molecular weight excluding hydrogens is 462 g/mol. The standard InChI is InChI=1S/C29H22F6/c1-2-3-18-8-11-22(24(30)14-18)23-13-12-21(27(33)28(23)34)20-9-6-17(7-10-20)4-5-19-15-25(31)29(35)26(32)16-19/h6-16H,2-5H2,1H3. The molecule has 6 heteroatoms. The van der Waals surface area contributed by atoms with Gasteiger partial charge in [0.15, 0.2) is 29.1 Å². The van der Waals surface area contributed by atoms with Crippen LogP contribution in [0.5, 0.6) is 0 Å². The van der Waals surface area contributed by atoms with Gasteiger partial charge in [0.05, 0.1) is 0 Å². The van der Waals surface area contributed by atoms with Crippen LogP contribution < -0.4 is 0 Å². The summed E-state index contributed by atoms with van der Waals surface area (Å²) >= 11 is 0. The fourth-order valence-corrected chi connectivity index (χ4v) is 4.09. The zero-order valence-corrected chi connectivity index (χ0v) is 18.9. The van der Waals surface area contributed by atoms with Crippen molar-refractivity contribution in [2.45, 2.75) is 32.6 Å². The summed E-state index contributed by atoms with van der Waals surface area (Å²) in [6.07, 6.45) is 2.22. The van der Waals surface area contributed by atoms with E-state index >= 15 is 0 Å². The topological polar surface area (TPSA) is 0 Å². The number of rotatable bonds is 7. The lowest BCUT2D eigenvalue weighted by Gasteiger charge is -2.11. The maximum Gasteiger partial charge on any atom is 0.194 e. The van der Waals surface area contributed by atoms with Crippen LogP contribution in [0.1, 0.15) is 30.0 Å². The molecule has 0 aliphatic rings. The number of hydrogen-bond acceptors (Lipinski definition) is 0. The second-order valence-electron chi connectivity index (χ2n) is 8.42. The third-order valence-electron chi connectivity index (χ3n) is 5.96. The average molecular weight is 484 g/mol. The fourth-order valence-electron chi connectivity index (χ4n) is 4.09. The third kappa shape index (κ3) is 5.26. The lowest BCUT2D eigenvalue weighted by Crippen LogP contribution is -1.98. The molecular formula is C29H22F6. The van der Waals surface area contributed by atoms with Crippen molar-refractivity contribution in [3.63, 3.8) is 0 Å². The number of benzene rings is 4. The summed E-state index contributed by atoms with van der Waals surface area (Å²) in [6, 6.07) is 15.8. The first-order chi connectivity index (χ1) is 16.8. The SMILES string of the molecule is CCCc1ccc(-c2ccc(-c3ccc(CCc4cc(F)c(F)c(F)c4)cc3)c(F)c2F)c(F)c1. The third-order valence-corrected chi connectivity index (χ3v) is 5.96. The molecule has 0 atom stereocenters. The Balaban J connectivity index is 1.53. The smallest absolute Gasteiger partial charge is 0.194 e. The van der Waals surface area contributed by atoms with E-state index in [1.165, 1.54) is 24.3 Å². The normalized spacial score (nSPS) is 11.2. The largest absolute Gasteiger partial charge is 0.206 e. The molecule has 35 heavy (non-hydrogen) atoms. The first-order valence-corrected chi connectivity index (χ1v) is 11.3. The van der Waals surface area contributed by atoms with Crippen molar-refractivity contribution >= 4 is 0 Å². The molecule has 0 aliphatic carbocycles. The molecule has 0 bridgehead atoms. The van der Waals surface area contributed by atoms with Crippen LogP contribution in [0.15, 0.2) is 66.7 Å². The van der Waals surface area contributed by atoms with Crippen molar-refractivity contribution < 1.29 is 26.3 Å². The molecule has 0 heterocycles. The van der Waals surface area contributed by atoms with Gasteiger partial charge in [-0.15, -0.1) is 0 Å². The first-order valence-electron chi connectivity index (χ1n) is 11.3. The minimum absolute atomic E-state index is 0.00295. The maximum absolute atomic E-state index is 14.9. The summed E-state index contributed by atoms with van der Waals surface area (Å²) in [5.74, 6) is -6.80. The summed E-state index contributed by atoms with van der Waals surface area (Å²) in [5, 5.41) is 0. The molecule has 0 amide bonds. The molecule has 0 spiro atoms. The molecule has 4 aromatic rings.